The summed E-state index contributed by atoms with van der Waals surface area (Å²) in [6.07, 6.45) is 3.88. The van der Waals surface area contributed by atoms with E-state index in [1.807, 2.05) is 43.3 Å². The summed E-state index contributed by atoms with van der Waals surface area (Å²) < 4.78 is 10.4. The minimum absolute atomic E-state index is 0.132. The zero-order chi connectivity index (χ0) is 13.4. The predicted molar refractivity (Wildman–Crippen MR) is 72.4 cm³/mol. The number of esters is 1. The zero-order valence-electron chi connectivity index (χ0n) is 10.8. The molecule has 1 aromatic rings. The number of para-hydroxylation sites is 1. The Hall–Kier alpha value is -2.03. The topological polar surface area (TPSA) is 35.5 Å². The lowest BCUT2D eigenvalue weighted by molar-refractivity contribution is -0.138. The van der Waals surface area contributed by atoms with Crippen LogP contribution in [0, 0.1) is 0 Å². The summed E-state index contributed by atoms with van der Waals surface area (Å²) in [7, 11) is 0. The Bertz CT molecular complexity index is 447. The van der Waals surface area contributed by atoms with Gasteiger partial charge < -0.3 is 9.47 Å². The van der Waals surface area contributed by atoms with Crippen molar-refractivity contribution in [1.82, 2.24) is 0 Å². The van der Waals surface area contributed by atoms with Crippen LogP contribution in [0.2, 0.25) is 0 Å². The number of carbonyl (C=O) groups is 1. The highest BCUT2D eigenvalue weighted by Crippen LogP contribution is 2.19. The van der Waals surface area contributed by atoms with Gasteiger partial charge in [0.05, 0.1) is 12.2 Å². The fraction of sp³-hybridized carbons (Fsp3) is 0.267. The summed E-state index contributed by atoms with van der Waals surface area (Å²) in [4.78, 5) is 11.4. The average Bonchev–Trinajstić information content (AvgIpc) is 2.38. The minimum atomic E-state index is -0.416. The summed E-state index contributed by atoms with van der Waals surface area (Å²) in [5, 5.41) is 0. The lowest BCUT2D eigenvalue weighted by Gasteiger charge is -2.10. The molecule has 0 fully saturated rings. The molecule has 0 aromatic heterocycles. The van der Waals surface area contributed by atoms with Gasteiger partial charge in [0.2, 0.25) is 0 Å². The van der Waals surface area contributed by atoms with Gasteiger partial charge >= 0.3 is 5.97 Å². The molecule has 0 heterocycles. The summed E-state index contributed by atoms with van der Waals surface area (Å²) in [5.41, 5.74) is 1.28. The maximum Gasteiger partial charge on any atom is 0.336 e. The predicted octanol–water partition coefficient (Wildman–Crippen LogP) is 3.22. The van der Waals surface area contributed by atoms with Gasteiger partial charge in [-0.25, -0.2) is 4.79 Å². The van der Waals surface area contributed by atoms with E-state index in [1.54, 1.807) is 6.92 Å². The molecule has 3 nitrogen and oxygen atoms in total. The van der Waals surface area contributed by atoms with Crippen molar-refractivity contribution in [2.45, 2.75) is 13.8 Å². The summed E-state index contributed by atoms with van der Waals surface area (Å²) in [5.74, 6) is 0.307. The Morgan fingerprint density at radius 3 is 2.78 bits per heavy atom. The molecule has 0 atom stereocenters. The SMILES string of the molecule is C=C(COc1ccccc1C=CC)C(=O)OCC. The normalized spacial score (nSPS) is 10.3. The highest BCUT2D eigenvalue weighted by molar-refractivity contribution is 5.88. The third kappa shape index (κ3) is 4.09. The van der Waals surface area contributed by atoms with Crippen LogP contribution in [0.1, 0.15) is 19.4 Å². The van der Waals surface area contributed by atoms with Crippen LogP contribution >= 0.6 is 0 Å². The monoisotopic (exact) mass is 246 g/mol. The molecule has 18 heavy (non-hydrogen) atoms. The number of hydrogen-bond acceptors (Lipinski definition) is 3. The first kappa shape index (κ1) is 14.0. The quantitative estimate of drug-likeness (QED) is 0.571. The summed E-state index contributed by atoms with van der Waals surface area (Å²) in [6, 6.07) is 7.62. The third-order valence-electron chi connectivity index (χ3n) is 2.23. The molecule has 0 aliphatic carbocycles. The molecule has 0 saturated carbocycles. The molecule has 0 radical (unpaired) electrons. The smallest absolute Gasteiger partial charge is 0.336 e. The van der Waals surface area contributed by atoms with Gasteiger partial charge in [-0.3, -0.25) is 0 Å². The number of hydrogen-bond donors (Lipinski definition) is 0. The van der Waals surface area contributed by atoms with E-state index in [4.69, 9.17) is 9.47 Å². The molecule has 1 rings (SSSR count). The molecule has 0 bridgehead atoms. The Balaban J connectivity index is 2.63. The van der Waals surface area contributed by atoms with Gasteiger partial charge in [-0.05, 0) is 19.9 Å². The van der Waals surface area contributed by atoms with Crippen LogP contribution in [-0.2, 0) is 9.53 Å². The second-order valence-electron chi connectivity index (χ2n) is 3.65. The number of carbonyl (C=O) groups excluding carboxylic acids is 1. The molecule has 3 heteroatoms. The molecular weight excluding hydrogens is 228 g/mol. The maximum atomic E-state index is 11.4. The van der Waals surface area contributed by atoms with Gasteiger partial charge in [0.25, 0.3) is 0 Å². The highest BCUT2D eigenvalue weighted by Gasteiger charge is 2.09. The van der Waals surface area contributed by atoms with Gasteiger partial charge in [-0.2, -0.15) is 0 Å². The Labute approximate surface area is 108 Å². The maximum absolute atomic E-state index is 11.4. The van der Waals surface area contributed by atoms with E-state index in [1.165, 1.54) is 0 Å². The minimum Gasteiger partial charge on any atom is -0.488 e. The molecular formula is C15H18O3. The van der Waals surface area contributed by atoms with Crippen molar-refractivity contribution in [1.29, 1.82) is 0 Å². The highest BCUT2D eigenvalue weighted by atomic mass is 16.5. The second-order valence-corrected chi connectivity index (χ2v) is 3.65. The van der Waals surface area contributed by atoms with Crippen molar-refractivity contribution < 1.29 is 14.3 Å². The van der Waals surface area contributed by atoms with E-state index >= 15 is 0 Å². The van der Waals surface area contributed by atoms with Gasteiger partial charge in [-0.1, -0.05) is 36.9 Å². The Kier molecular flexibility index (Phi) is 5.71. The van der Waals surface area contributed by atoms with Crippen LogP contribution in [0.25, 0.3) is 6.08 Å². The molecule has 0 aliphatic heterocycles. The van der Waals surface area contributed by atoms with Crippen LogP contribution in [0.4, 0.5) is 0 Å². The molecule has 0 N–H and O–H groups in total. The average molecular weight is 246 g/mol. The summed E-state index contributed by atoms with van der Waals surface area (Å²) >= 11 is 0. The lowest BCUT2D eigenvalue weighted by Crippen LogP contribution is -2.13. The number of ether oxygens (including phenoxy) is 2. The second kappa shape index (κ2) is 7.33. The van der Waals surface area contributed by atoms with E-state index in [0.717, 1.165) is 11.3 Å². The van der Waals surface area contributed by atoms with Crippen LogP contribution in [0.3, 0.4) is 0 Å². The fourth-order valence-electron chi connectivity index (χ4n) is 1.39. The molecule has 96 valence electrons. The van der Waals surface area contributed by atoms with Crippen LogP contribution in [-0.4, -0.2) is 19.2 Å². The van der Waals surface area contributed by atoms with Crippen LogP contribution < -0.4 is 4.74 Å². The van der Waals surface area contributed by atoms with Crippen molar-refractivity contribution in [3.63, 3.8) is 0 Å². The van der Waals surface area contributed by atoms with Crippen LogP contribution in [0.5, 0.6) is 5.75 Å². The van der Waals surface area contributed by atoms with Crippen molar-refractivity contribution in [2.24, 2.45) is 0 Å². The molecule has 1 aromatic carbocycles. The van der Waals surface area contributed by atoms with Gasteiger partial charge in [0, 0.05) is 5.56 Å². The third-order valence-corrected chi connectivity index (χ3v) is 2.23. The van der Waals surface area contributed by atoms with E-state index < -0.39 is 5.97 Å². The first-order valence-electron chi connectivity index (χ1n) is 5.88. The molecule has 0 aliphatic rings. The van der Waals surface area contributed by atoms with E-state index in [9.17, 15) is 4.79 Å². The van der Waals surface area contributed by atoms with Gasteiger partial charge in [0.15, 0.2) is 0 Å². The fourth-order valence-corrected chi connectivity index (χ4v) is 1.39. The van der Waals surface area contributed by atoms with E-state index in [-0.39, 0.29) is 6.61 Å². The van der Waals surface area contributed by atoms with Crippen molar-refractivity contribution in [3.05, 3.63) is 48.1 Å². The number of rotatable bonds is 6. The zero-order valence-corrected chi connectivity index (χ0v) is 10.8. The van der Waals surface area contributed by atoms with Gasteiger partial charge in [-0.15, -0.1) is 0 Å². The first-order chi connectivity index (χ1) is 8.69. The van der Waals surface area contributed by atoms with Crippen molar-refractivity contribution in [2.75, 3.05) is 13.2 Å². The Morgan fingerprint density at radius 2 is 2.11 bits per heavy atom. The molecule has 0 amide bonds. The van der Waals surface area contributed by atoms with Gasteiger partial charge in [0.1, 0.15) is 12.4 Å². The summed E-state index contributed by atoms with van der Waals surface area (Å²) in [6.45, 7) is 7.82. The first-order valence-corrected chi connectivity index (χ1v) is 5.88. The van der Waals surface area contributed by atoms with Crippen LogP contribution in [0.15, 0.2) is 42.5 Å². The lowest BCUT2D eigenvalue weighted by atomic mass is 10.2. The van der Waals surface area contributed by atoms with Crippen molar-refractivity contribution >= 4 is 12.0 Å². The van der Waals surface area contributed by atoms with E-state index in [2.05, 4.69) is 6.58 Å². The molecule has 0 spiro atoms. The number of allylic oxidation sites excluding steroid dienone is 1. The van der Waals surface area contributed by atoms with E-state index in [0.29, 0.717) is 12.2 Å². The van der Waals surface area contributed by atoms with Crippen molar-refractivity contribution in [3.8, 4) is 5.75 Å². The molecule has 0 saturated heterocycles. The number of benzene rings is 1. The molecule has 0 unspecified atom stereocenters. The largest absolute Gasteiger partial charge is 0.488 e. The standard InChI is InChI=1S/C15H18O3/c1-4-8-13-9-6-7-10-14(13)18-11-12(3)15(16)17-5-2/h4,6-10H,3,5,11H2,1-2H3. The Morgan fingerprint density at radius 1 is 1.39 bits per heavy atom.